The average Bonchev–Trinajstić information content (AvgIpc) is 0.673. The van der Waals surface area contributed by atoms with Gasteiger partial charge in [-0.2, -0.15) is 13.2 Å². The number of alkyl halides is 3. The lowest BCUT2D eigenvalue weighted by Gasteiger charge is -2.51. The fourth-order valence-corrected chi connectivity index (χ4v) is 12.0. The Bertz CT molecular complexity index is 4590. The van der Waals surface area contributed by atoms with Crippen LogP contribution in [0.25, 0.3) is 44.5 Å². The van der Waals surface area contributed by atoms with Crippen LogP contribution in [0, 0.1) is 0 Å². The third-order valence-corrected chi connectivity index (χ3v) is 14.6. The maximum absolute atomic E-state index is 18.0. The Kier molecular flexibility index (Phi) is 5.89. The van der Waals surface area contributed by atoms with Crippen molar-refractivity contribution in [1.29, 1.82) is 0 Å². The summed E-state index contributed by atoms with van der Waals surface area (Å²) in [5.41, 5.74) is -2.54. The van der Waals surface area contributed by atoms with Crippen LogP contribution in [-0.2, 0) is 6.18 Å². The van der Waals surface area contributed by atoms with E-state index < -0.39 is 167 Å². The normalized spacial score (nSPS) is 17.0. The van der Waals surface area contributed by atoms with Crippen LogP contribution >= 0.6 is 11.8 Å². The lowest BCUT2D eigenvalue weighted by atomic mass is 9.29. The summed E-state index contributed by atoms with van der Waals surface area (Å²) < 4.78 is 213. The maximum Gasteiger partial charge on any atom is 0.419 e. The van der Waals surface area contributed by atoms with Gasteiger partial charge in [0, 0.05) is 43.7 Å². The third-order valence-electron chi connectivity index (χ3n) is 13.4. The van der Waals surface area contributed by atoms with Gasteiger partial charge in [-0.3, -0.25) is 0 Å². The lowest BCUT2D eigenvalue weighted by molar-refractivity contribution is -0.139. The molecule has 0 saturated carbocycles. The highest BCUT2D eigenvalue weighted by molar-refractivity contribution is 8.00. The standard InChI is InChI=1S/C61H37B2F3N2S/c64-61(65,66)54-58-55-59-56-60(54)69-53-31-16-14-29-47(53)63(56)49-37-43(39-20-7-2-8-21-39)33-35-52(49)67(59)51-34-32-42(38-18-5-1-6-19-38)36-48(51)62(55)46-28-13-15-30-50(46)68(58)57-44(40-22-9-3-10-23-40)26-17-27-45(57)41-24-11-4-12-25-41/h1-37H/i3D,4D,9D,10D,11D,12D,13D,15D,17D,22D,23D,24D,25D,26D,27D,28D,30D. The van der Waals surface area contributed by atoms with E-state index in [2.05, 4.69) is 0 Å². The first-order valence-corrected chi connectivity index (χ1v) is 22.7. The molecule has 0 spiro atoms. The molecule has 10 aromatic carbocycles. The molecule has 8 heteroatoms. The molecular weight excluding hydrogens is 871 g/mol. The second-order valence-corrected chi connectivity index (χ2v) is 18.0. The van der Waals surface area contributed by atoms with Gasteiger partial charge < -0.3 is 9.80 Å². The van der Waals surface area contributed by atoms with Gasteiger partial charge in [-0.05, 0) is 84.9 Å². The molecule has 324 valence electrons. The van der Waals surface area contributed by atoms with E-state index in [1.54, 1.807) is 36.4 Å². The number of nitrogens with zero attached hydrogens (tertiary/aromatic N) is 2. The minimum atomic E-state index is -5.48. The summed E-state index contributed by atoms with van der Waals surface area (Å²) in [5, 5.41) is 0. The molecule has 4 aliphatic heterocycles. The number of rotatable bonds is 5. The van der Waals surface area contributed by atoms with Gasteiger partial charge in [-0.15, -0.1) is 0 Å². The summed E-state index contributed by atoms with van der Waals surface area (Å²) in [6.45, 7) is -2.52. The van der Waals surface area contributed by atoms with E-state index in [0.29, 0.717) is 38.3 Å². The smallest absolute Gasteiger partial charge is 0.312 e. The number of halogens is 3. The number of anilines is 6. The van der Waals surface area contributed by atoms with Gasteiger partial charge in [-0.1, -0.05) is 217 Å². The topological polar surface area (TPSA) is 6.48 Å². The van der Waals surface area contributed by atoms with Crippen molar-refractivity contribution in [2.75, 3.05) is 9.80 Å². The second-order valence-electron chi connectivity index (χ2n) is 16.9. The van der Waals surface area contributed by atoms with E-state index in [-0.39, 0.29) is 32.4 Å². The second kappa shape index (κ2) is 15.3. The SMILES string of the molecule is [2H]c1c([2H])c([2H])c(-c2c([2H])c([2H])c([2H])c(-c3c([2H])c([2H])c([2H])c([2H])c3[2H])c2N2c3c([2H])c([2H])c([2H])c([2H])c3B3c4cc(-c5ccccc5)ccc4N4c5ccc(-c6ccccc6)cc5B5c6ccccc6Sc6c5c4c3c2c6C(F)(F)F)c([2H])c1[2H]. The number of benzene rings is 10. The molecule has 4 aliphatic rings. The number of hydrogen-bond donors (Lipinski definition) is 0. The van der Waals surface area contributed by atoms with Crippen molar-refractivity contribution in [3.63, 3.8) is 0 Å². The van der Waals surface area contributed by atoms with Crippen LogP contribution in [0.2, 0.25) is 0 Å². The Labute approximate surface area is 427 Å². The first-order valence-electron chi connectivity index (χ1n) is 30.4. The zero-order valence-electron chi connectivity index (χ0n) is 52.6. The highest BCUT2D eigenvalue weighted by Crippen LogP contribution is 2.56. The molecule has 0 radical (unpaired) electrons. The van der Waals surface area contributed by atoms with E-state index in [4.69, 9.17) is 8.22 Å². The summed E-state index contributed by atoms with van der Waals surface area (Å²) in [6, 6.07) is 19.8. The van der Waals surface area contributed by atoms with E-state index in [9.17, 15) is 15.1 Å². The fraction of sp³-hybridized carbons (Fsp3) is 0.0164. The van der Waals surface area contributed by atoms with Gasteiger partial charge in [-0.25, -0.2) is 0 Å². The molecule has 0 amide bonds. The fourth-order valence-electron chi connectivity index (χ4n) is 10.7. The van der Waals surface area contributed by atoms with Crippen molar-refractivity contribution in [3.05, 3.63) is 230 Å². The zero-order valence-corrected chi connectivity index (χ0v) is 36.5. The highest BCUT2D eigenvalue weighted by Gasteiger charge is 2.55. The molecule has 0 unspecified atom stereocenters. The molecule has 0 aliphatic carbocycles. The van der Waals surface area contributed by atoms with Gasteiger partial charge in [0.1, 0.15) is 0 Å². The Morgan fingerprint density at radius 2 is 0.942 bits per heavy atom. The van der Waals surface area contributed by atoms with Crippen molar-refractivity contribution in [2.45, 2.75) is 16.0 Å². The minimum absolute atomic E-state index is 0.158. The third kappa shape index (κ3) is 5.98. The maximum atomic E-state index is 18.0. The van der Waals surface area contributed by atoms with E-state index >= 15 is 13.2 Å². The highest BCUT2D eigenvalue weighted by atomic mass is 32.2. The molecule has 4 heterocycles. The minimum Gasteiger partial charge on any atom is -0.312 e. The van der Waals surface area contributed by atoms with Crippen molar-refractivity contribution in [3.8, 4) is 44.5 Å². The summed E-state index contributed by atoms with van der Waals surface area (Å²) in [5.74, 6) is 0. The molecule has 14 rings (SSSR count). The van der Waals surface area contributed by atoms with Crippen LogP contribution < -0.4 is 42.6 Å². The first kappa shape index (κ1) is 26.6. The number of hydrogen-bond acceptors (Lipinski definition) is 3. The Hall–Kier alpha value is -7.93. The molecule has 2 nitrogen and oxygen atoms in total. The van der Waals surface area contributed by atoms with Gasteiger partial charge >= 0.3 is 6.18 Å². The van der Waals surface area contributed by atoms with Crippen LogP contribution in [0.1, 0.15) is 28.9 Å². The summed E-state index contributed by atoms with van der Waals surface area (Å²) in [7, 11) is 0. The Morgan fingerprint density at radius 3 is 1.54 bits per heavy atom. The summed E-state index contributed by atoms with van der Waals surface area (Å²) >= 11 is 0.793. The monoisotopic (exact) mass is 925 g/mol. The average molecular weight is 926 g/mol. The van der Waals surface area contributed by atoms with Crippen molar-refractivity contribution < 1.29 is 36.5 Å². The van der Waals surface area contributed by atoms with E-state index in [1.165, 1.54) is 0 Å². The van der Waals surface area contributed by atoms with Gasteiger partial charge in [0.05, 0.1) is 40.2 Å². The summed E-state index contributed by atoms with van der Waals surface area (Å²) in [6.07, 6.45) is -5.48. The molecular formula is C61H37B2F3N2S. The van der Waals surface area contributed by atoms with Crippen LogP contribution in [0.3, 0.4) is 0 Å². The molecule has 0 saturated heterocycles. The predicted octanol–water partition coefficient (Wildman–Crippen LogP) is 12.8. The van der Waals surface area contributed by atoms with Crippen LogP contribution in [0.4, 0.5) is 47.3 Å². The van der Waals surface area contributed by atoms with Gasteiger partial charge in [0.25, 0.3) is 6.71 Å². The molecule has 0 fully saturated rings. The van der Waals surface area contributed by atoms with Gasteiger partial charge in [0.2, 0.25) is 6.71 Å². The Balaban J connectivity index is 1.27. The van der Waals surface area contributed by atoms with Crippen LogP contribution in [-0.4, -0.2) is 13.4 Å². The van der Waals surface area contributed by atoms with Crippen molar-refractivity contribution in [1.82, 2.24) is 0 Å². The first-order chi connectivity index (χ1) is 41.0. The number of fused-ring (bicyclic) bond motifs is 10. The predicted molar refractivity (Wildman–Crippen MR) is 282 cm³/mol. The van der Waals surface area contributed by atoms with Crippen molar-refractivity contribution in [2.24, 2.45) is 0 Å². The van der Waals surface area contributed by atoms with Crippen molar-refractivity contribution >= 4 is 92.1 Å². The molecule has 0 N–H and O–H groups in total. The largest absolute Gasteiger partial charge is 0.419 e. The number of para-hydroxylation sites is 2. The molecule has 0 bridgehead atoms. The quantitative estimate of drug-likeness (QED) is 0.159. The summed E-state index contributed by atoms with van der Waals surface area (Å²) in [4.78, 5) is 2.64. The molecule has 10 aromatic rings. The molecule has 69 heavy (non-hydrogen) atoms. The zero-order chi connectivity index (χ0) is 60.8. The molecule has 0 atom stereocenters. The molecule has 0 aromatic heterocycles. The van der Waals surface area contributed by atoms with E-state index in [1.807, 2.05) is 89.8 Å². The lowest BCUT2D eigenvalue weighted by Crippen LogP contribution is -2.68. The van der Waals surface area contributed by atoms with E-state index in [0.717, 1.165) is 27.8 Å². The van der Waals surface area contributed by atoms with Crippen LogP contribution in [0.15, 0.2) is 234 Å². The Morgan fingerprint density at radius 1 is 0.406 bits per heavy atom. The van der Waals surface area contributed by atoms with Crippen LogP contribution in [0.5, 0.6) is 0 Å². The van der Waals surface area contributed by atoms with Gasteiger partial charge in [0.15, 0.2) is 0 Å².